The van der Waals surface area contributed by atoms with E-state index in [9.17, 15) is 18.8 Å². The number of pyridine rings is 1. The molecule has 1 spiro atoms. The summed E-state index contributed by atoms with van der Waals surface area (Å²) >= 11 is 0. The van der Waals surface area contributed by atoms with Gasteiger partial charge in [0.15, 0.2) is 0 Å². The number of aryl methyl sites for hydroxylation is 2. The monoisotopic (exact) mass is 436 g/mol. The number of benzene rings is 1. The Hall–Kier alpha value is -2.89. The highest BCUT2D eigenvalue weighted by atomic mass is 19.1. The van der Waals surface area contributed by atoms with E-state index < -0.39 is 11.7 Å². The van der Waals surface area contributed by atoms with E-state index >= 15 is 0 Å². The number of amides is 1. The lowest BCUT2D eigenvalue weighted by atomic mass is 9.60. The Morgan fingerprint density at radius 1 is 1.06 bits per heavy atom. The largest absolute Gasteiger partial charge is 0.354 e. The van der Waals surface area contributed by atoms with Gasteiger partial charge in [0.05, 0.1) is 11.9 Å². The third-order valence-electron chi connectivity index (χ3n) is 7.10. The number of halogens is 1. The number of carbonyl (C=O) groups excluding carboxylic acids is 3. The van der Waals surface area contributed by atoms with Crippen molar-refractivity contribution in [2.75, 3.05) is 0 Å². The number of nitrogens with one attached hydrogen (secondary N) is 1. The average molecular weight is 437 g/mol. The van der Waals surface area contributed by atoms with Crippen molar-refractivity contribution in [3.8, 4) is 11.3 Å². The van der Waals surface area contributed by atoms with Gasteiger partial charge in [0.1, 0.15) is 23.3 Å². The lowest BCUT2D eigenvalue weighted by Crippen LogP contribution is -2.45. The Labute approximate surface area is 187 Å². The van der Waals surface area contributed by atoms with E-state index in [-0.39, 0.29) is 28.9 Å². The fraction of sp³-hybridized carbons (Fsp3) is 0.462. The van der Waals surface area contributed by atoms with Gasteiger partial charge in [-0.1, -0.05) is 0 Å². The van der Waals surface area contributed by atoms with Crippen LogP contribution in [0.4, 0.5) is 4.39 Å². The molecular formula is C26H29FN2O3. The lowest BCUT2D eigenvalue weighted by molar-refractivity contribution is -0.138. The van der Waals surface area contributed by atoms with Gasteiger partial charge >= 0.3 is 0 Å². The van der Waals surface area contributed by atoms with Crippen LogP contribution in [-0.2, 0) is 14.4 Å². The van der Waals surface area contributed by atoms with Crippen molar-refractivity contribution in [1.82, 2.24) is 10.3 Å². The number of aromatic nitrogens is 1. The number of carbonyl (C=O) groups is 3. The van der Waals surface area contributed by atoms with Gasteiger partial charge in [-0.05, 0) is 85.9 Å². The first kappa shape index (κ1) is 22.3. The molecule has 2 aliphatic carbocycles. The molecule has 1 heterocycles. The molecule has 1 amide bonds. The first-order chi connectivity index (χ1) is 15.2. The number of ketones is 2. The molecule has 2 aromatic rings. The van der Waals surface area contributed by atoms with Gasteiger partial charge in [0.25, 0.3) is 0 Å². The van der Waals surface area contributed by atoms with Gasteiger partial charge in [0.2, 0.25) is 5.91 Å². The third kappa shape index (κ3) is 4.36. The molecule has 0 bridgehead atoms. The van der Waals surface area contributed by atoms with Crippen molar-refractivity contribution in [3.05, 3.63) is 53.0 Å². The summed E-state index contributed by atoms with van der Waals surface area (Å²) in [6.45, 7) is 5.35. The molecule has 1 N–H and O–H groups in total. The number of nitrogens with zero attached hydrogens (tertiary/aromatic N) is 1. The van der Waals surface area contributed by atoms with Gasteiger partial charge in [0, 0.05) is 31.4 Å². The van der Waals surface area contributed by atoms with Crippen molar-refractivity contribution in [2.45, 2.75) is 71.3 Å². The normalized spacial score (nSPS) is 25.8. The highest BCUT2D eigenvalue weighted by Gasteiger charge is 2.47. The second kappa shape index (κ2) is 8.57. The zero-order valence-electron chi connectivity index (χ0n) is 18.8. The topological polar surface area (TPSA) is 76.1 Å². The first-order valence-corrected chi connectivity index (χ1v) is 11.2. The van der Waals surface area contributed by atoms with Gasteiger partial charge in [-0.25, -0.2) is 4.39 Å². The maximum Gasteiger partial charge on any atom is 0.217 e. The first-order valence-electron chi connectivity index (χ1n) is 11.2. The van der Waals surface area contributed by atoms with Crippen LogP contribution in [0, 0.1) is 25.1 Å². The SMILES string of the molecule is CC(=O)NC1CCC2(CC1)CC(=O)C(c1c(C)cc(-c3ccc(F)cn3)cc1C)C(=O)C2. The van der Waals surface area contributed by atoms with Gasteiger partial charge in [-0.2, -0.15) is 0 Å². The Bertz CT molecular complexity index is 1030. The minimum Gasteiger partial charge on any atom is -0.354 e. The average Bonchev–Trinajstić information content (AvgIpc) is 2.71. The Balaban J connectivity index is 1.55. The summed E-state index contributed by atoms with van der Waals surface area (Å²) in [5.74, 6) is -1.15. The predicted molar refractivity (Wildman–Crippen MR) is 120 cm³/mol. The highest BCUT2D eigenvalue weighted by Crippen LogP contribution is 2.49. The summed E-state index contributed by atoms with van der Waals surface area (Å²) < 4.78 is 13.2. The number of hydrogen-bond donors (Lipinski definition) is 1. The maximum atomic E-state index is 13.3. The van der Waals surface area contributed by atoms with Crippen LogP contribution in [0.25, 0.3) is 11.3 Å². The molecule has 2 fully saturated rings. The number of hydrogen-bond acceptors (Lipinski definition) is 4. The van der Waals surface area contributed by atoms with Crippen LogP contribution in [0.5, 0.6) is 0 Å². The molecule has 32 heavy (non-hydrogen) atoms. The number of rotatable bonds is 3. The molecular weight excluding hydrogens is 407 g/mol. The molecule has 2 aliphatic rings. The van der Waals surface area contributed by atoms with E-state index in [1.165, 1.54) is 19.2 Å². The van der Waals surface area contributed by atoms with E-state index in [0.29, 0.717) is 18.5 Å². The van der Waals surface area contributed by atoms with Crippen LogP contribution in [-0.4, -0.2) is 28.5 Å². The van der Waals surface area contributed by atoms with Crippen LogP contribution in [0.2, 0.25) is 0 Å². The molecule has 1 aromatic carbocycles. The molecule has 0 radical (unpaired) electrons. The van der Waals surface area contributed by atoms with Crippen molar-refractivity contribution in [3.63, 3.8) is 0 Å². The van der Waals surface area contributed by atoms with E-state index in [1.807, 2.05) is 26.0 Å². The van der Waals surface area contributed by atoms with Crippen LogP contribution in [0.15, 0.2) is 30.5 Å². The van der Waals surface area contributed by atoms with Gasteiger partial charge in [-0.3, -0.25) is 19.4 Å². The van der Waals surface area contributed by atoms with Crippen molar-refractivity contribution >= 4 is 17.5 Å². The standard InChI is InChI=1S/C26H29FN2O3/c1-15-10-18(21-5-4-19(27)14-28-21)11-16(2)24(15)25-22(31)12-26(13-23(25)32)8-6-20(7-9-26)29-17(3)30/h4-5,10-11,14,20,25H,6-9,12-13H2,1-3H3,(H,29,30). The van der Waals surface area contributed by atoms with E-state index in [0.717, 1.165) is 47.9 Å². The maximum absolute atomic E-state index is 13.3. The Morgan fingerprint density at radius 2 is 1.66 bits per heavy atom. The molecule has 2 saturated carbocycles. The van der Waals surface area contributed by atoms with E-state index in [1.54, 1.807) is 6.07 Å². The van der Waals surface area contributed by atoms with E-state index in [4.69, 9.17) is 0 Å². The van der Waals surface area contributed by atoms with Gasteiger partial charge < -0.3 is 5.32 Å². The molecule has 0 saturated heterocycles. The fourth-order valence-corrected chi connectivity index (χ4v) is 5.65. The quantitative estimate of drug-likeness (QED) is 0.715. The molecule has 6 heteroatoms. The molecule has 4 rings (SSSR count). The highest BCUT2D eigenvalue weighted by molar-refractivity contribution is 6.10. The summed E-state index contributed by atoms with van der Waals surface area (Å²) in [6.07, 6.45) is 5.20. The lowest BCUT2D eigenvalue weighted by Gasteiger charge is -2.43. The third-order valence-corrected chi connectivity index (χ3v) is 7.10. The van der Waals surface area contributed by atoms with Crippen LogP contribution in [0.3, 0.4) is 0 Å². The van der Waals surface area contributed by atoms with Crippen LogP contribution < -0.4 is 5.32 Å². The van der Waals surface area contributed by atoms with E-state index in [2.05, 4.69) is 10.3 Å². The van der Waals surface area contributed by atoms with Gasteiger partial charge in [-0.15, -0.1) is 0 Å². The summed E-state index contributed by atoms with van der Waals surface area (Å²) in [6, 6.07) is 6.98. The summed E-state index contributed by atoms with van der Waals surface area (Å²) in [7, 11) is 0. The molecule has 0 atom stereocenters. The minimum atomic E-state index is -0.719. The van der Waals surface area contributed by atoms with Crippen molar-refractivity contribution in [1.29, 1.82) is 0 Å². The Morgan fingerprint density at radius 3 is 2.16 bits per heavy atom. The summed E-state index contributed by atoms with van der Waals surface area (Å²) in [5.41, 5.74) is 3.78. The fourth-order valence-electron chi connectivity index (χ4n) is 5.65. The molecule has 0 aliphatic heterocycles. The predicted octanol–water partition coefficient (Wildman–Crippen LogP) is 4.59. The zero-order chi connectivity index (χ0) is 23.0. The summed E-state index contributed by atoms with van der Waals surface area (Å²) in [5, 5.41) is 2.96. The molecule has 168 valence electrons. The zero-order valence-corrected chi connectivity index (χ0v) is 18.8. The van der Waals surface area contributed by atoms with Crippen LogP contribution >= 0.6 is 0 Å². The molecule has 0 unspecified atom stereocenters. The Kier molecular flexibility index (Phi) is 5.97. The van der Waals surface area contributed by atoms with Crippen molar-refractivity contribution < 1.29 is 18.8 Å². The van der Waals surface area contributed by atoms with Crippen molar-refractivity contribution in [2.24, 2.45) is 5.41 Å². The molecule has 5 nitrogen and oxygen atoms in total. The minimum absolute atomic E-state index is 0.00177. The summed E-state index contributed by atoms with van der Waals surface area (Å²) in [4.78, 5) is 42.1. The second-order valence-electron chi connectivity index (χ2n) is 9.58. The second-order valence-corrected chi connectivity index (χ2v) is 9.58. The number of Topliss-reactive ketones (excluding diaryl/α,β-unsaturated/α-hetero) is 2. The molecule has 1 aromatic heterocycles. The van der Waals surface area contributed by atoms with Crippen LogP contribution in [0.1, 0.15) is 68.1 Å². The smallest absolute Gasteiger partial charge is 0.217 e.